The normalized spacial score (nSPS) is 23.4. The first kappa shape index (κ1) is 13.2. The molecule has 3 rings (SSSR count). The van der Waals surface area contributed by atoms with Crippen LogP contribution in [0.2, 0.25) is 0 Å². The summed E-state index contributed by atoms with van der Waals surface area (Å²) in [7, 11) is 2.06. The van der Waals surface area contributed by atoms with Crippen molar-refractivity contribution in [3.8, 4) is 5.75 Å². The SMILES string of the molecule is CN1CCOC(CN2C(=O)COc3ccc(N)cc32)C1. The number of morpholine rings is 1. The fourth-order valence-corrected chi connectivity index (χ4v) is 2.60. The Morgan fingerprint density at radius 3 is 3.10 bits per heavy atom. The molecule has 2 N–H and O–H groups in total. The van der Waals surface area contributed by atoms with Gasteiger partial charge in [0.05, 0.1) is 24.9 Å². The van der Waals surface area contributed by atoms with Crippen molar-refractivity contribution in [3.05, 3.63) is 18.2 Å². The molecule has 6 nitrogen and oxygen atoms in total. The Bertz CT molecular complexity index is 520. The molecule has 1 atom stereocenters. The van der Waals surface area contributed by atoms with Crippen molar-refractivity contribution in [1.29, 1.82) is 0 Å². The minimum atomic E-state index is -0.0556. The van der Waals surface area contributed by atoms with Gasteiger partial charge in [-0.2, -0.15) is 0 Å². The molecule has 0 bridgehead atoms. The predicted octanol–water partition coefficient (Wildman–Crippen LogP) is 0.325. The zero-order valence-electron chi connectivity index (χ0n) is 11.5. The Morgan fingerprint density at radius 2 is 2.30 bits per heavy atom. The Kier molecular flexibility index (Phi) is 3.50. The number of hydrogen-bond donors (Lipinski definition) is 1. The van der Waals surface area contributed by atoms with E-state index in [2.05, 4.69) is 11.9 Å². The number of nitrogens with two attached hydrogens (primary N) is 1. The standard InChI is InChI=1S/C14H19N3O3/c1-16-4-5-19-11(7-16)8-17-12-6-10(15)2-3-13(12)20-9-14(17)18/h2-3,6,11H,4-5,7-9,15H2,1H3. The van der Waals surface area contributed by atoms with E-state index in [0.29, 0.717) is 24.6 Å². The molecule has 2 heterocycles. The van der Waals surface area contributed by atoms with Crippen LogP contribution < -0.4 is 15.4 Å². The fourth-order valence-electron chi connectivity index (χ4n) is 2.60. The van der Waals surface area contributed by atoms with Gasteiger partial charge in [0.1, 0.15) is 5.75 Å². The summed E-state index contributed by atoms with van der Waals surface area (Å²) in [5.41, 5.74) is 7.17. The molecule has 2 aliphatic rings. The molecule has 1 amide bonds. The van der Waals surface area contributed by atoms with E-state index in [1.165, 1.54) is 0 Å². The molecule has 108 valence electrons. The van der Waals surface area contributed by atoms with E-state index in [1.807, 2.05) is 0 Å². The van der Waals surface area contributed by atoms with Crippen molar-refractivity contribution in [2.24, 2.45) is 0 Å². The van der Waals surface area contributed by atoms with Gasteiger partial charge in [0.25, 0.3) is 5.91 Å². The number of anilines is 2. The van der Waals surface area contributed by atoms with Crippen LogP contribution in [0.5, 0.6) is 5.75 Å². The molecule has 0 aliphatic carbocycles. The largest absolute Gasteiger partial charge is 0.482 e. The molecular weight excluding hydrogens is 258 g/mol. The van der Waals surface area contributed by atoms with Crippen LogP contribution in [0, 0.1) is 0 Å². The summed E-state index contributed by atoms with van der Waals surface area (Å²) < 4.78 is 11.2. The molecule has 0 saturated carbocycles. The van der Waals surface area contributed by atoms with Crippen LogP contribution in [0.15, 0.2) is 18.2 Å². The summed E-state index contributed by atoms with van der Waals surface area (Å²) in [4.78, 5) is 16.0. The zero-order valence-corrected chi connectivity index (χ0v) is 11.5. The number of nitrogen functional groups attached to an aromatic ring is 1. The highest BCUT2D eigenvalue weighted by molar-refractivity contribution is 5.98. The molecule has 1 saturated heterocycles. The molecular formula is C14H19N3O3. The van der Waals surface area contributed by atoms with Gasteiger partial charge in [-0.1, -0.05) is 0 Å². The lowest BCUT2D eigenvalue weighted by molar-refractivity contribution is -0.122. The molecule has 1 aromatic rings. The second-order valence-electron chi connectivity index (χ2n) is 5.28. The van der Waals surface area contributed by atoms with Gasteiger partial charge in [-0.25, -0.2) is 0 Å². The van der Waals surface area contributed by atoms with Crippen LogP contribution in [0.3, 0.4) is 0 Å². The van der Waals surface area contributed by atoms with Crippen molar-refractivity contribution in [2.45, 2.75) is 6.10 Å². The van der Waals surface area contributed by atoms with E-state index in [4.69, 9.17) is 15.2 Å². The van der Waals surface area contributed by atoms with Crippen LogP contribution in [0.1, 0.15) is 0 Å². The third-order valence-electron chi connectivity index (χ3n) is 3.65. The topological polar surface area (TPSA) is 68.0 Å². The van der Waals surface area contributed by atoms with Crippen LogP contribution in [-0.4, -0.2) is 56.8 Å². The Hall–Kier alpha value is -1.79. The van der Waals surface area contributed by atoms with Gasteiger partial charge in [-0.3, -0.25) is 4.79 Å². The highest BCUT2D eigenvalue weighted by atomic mass is 16.5. The highest BCUT2D eigenvalue weighted by Gasteiger charge is 2.29. The van der Waals surface area contributed by atoms with Crippen molar-refractivity contribution in [3.63, 3.8) is 0 Å². The first-order valence-electron chi connectivity index (χ1n) is 6.76. The predicted molar refractivity (Wildman–Crippen MR) is 75.9 cm³/mol. The highest BCUT2D eigenvalue weighted by Crippen LogP contribution is 2.34. The summed E-state index contributed by atoms with van der Waals surface area (Å²) in [6.45, 7) is 3.05. The number of hydrogen-bond acceptors (Lipinski definition) is 5. The van der Waals surface area contributed by atoms with Gasteiger partial charge in [-0.15, -0.1) is 0 Å². The Labute approximate surface area is 118 Å². The second kappa shape index (κ2) is 5.30. The minimum Gasteiger partial charge on any atom is -0.482 e. The average molecular weight is 277 g/mol. The van der Waals surface area contributed by atoms with Crippen molar-refractivity contribution in [1.82, 2.24) is 4.90 Å². The first-order chi connectivity index (χ1) is 9.63. The maximum atomic E-state index is 12.1. The smallest absolute Gasteiger partial charge is 0.265 e. The second-order valence-corrected chi connectivity index (χ2v) is 5.28. The number of likely N-dealkylation sites (N-methyl/N-ethyl adjacent to an activating group) is 1. The van der Waals surface area contributed by atoms with Gasteiger partial charge in [0, 0.05) is 18.8 Å². The molecule has 0 aromatic heterocycles. The lowest BCUT2D eigenvalue weighted by Gasteiger charge is -2.36. The summed E-state index contributed by atoms with van der Waals surface area (Å²) in [6.07, 6.45) is 0.0186. The number of carbonyl (C=O) groups is 1. The molecule has 0 radical (unpaired) electrons. The third-order valence-corrected chi connectivity index (χ3v) is 3.65. The Morgan fingerprint density at radius 1 is 1.45 bits per heavy atom. The monoisotopic (exact) mass is 277 g/mol. The molecule has 0 spiro atoms. The molecule has 20 heavy (non-hydrogen) atoms. The first-order valence-corrected chi connectivity index (χ1v) is 6.76. The zero-order chi connectivity index (χ0) is 14.1. The van der Waals surface area contributed by atoms with Gasteiger partial charge in [0.15, 0.2) is 6.61 Å². The van der Waals surface area contributed by atoms with Gasteiger partial charge in [0.2, 0.25) is 0 Å². The van der Waals surface area contributed by atoms with Crippen LogP contribution in [0.25, 0.3) is 0 Å². The number of ether oxygens (including phenoxy) is 2. The van der Waals surface area contributed by atoms with Gasteiger partial charge >= 0.3 is 0 Å². The lowest BCUT2D eigenvalue weighted by Crippen LogP contribution is -2.49. The summed E-state index contributed by atoms with van der Waals surface area (Å²) in [6, 6.07) is 5.36. The van der Waals surface area contributed by atoms with Crippen LogP contribution in [-0.2, 0) is 9.53 Å². The van der Waals surface area contributed by atoms with E-state index in [0.717, 1.165) is 18.8 Å². The van der Waals surface area contributed by atoms with Crippen molar-refractivity contribution in [2.75, 3.05) is 50.5 Å². The average Bonchev–Trinajstić information content (AvgIpc) is 2.42. The quantitative estimate of drug-likeness (QED) is 0.789. The minimum absolute atomic E-state index is 0.0186. The summed E-state index contributed by atoms with van der Waals surface area (Å²) in [5, 5.41) is 0. The molecule has 1 unspecified atom stereocenters. The molecule has 1 aromatic carbocycles. The van der Waals surface area contributed by atoms with Crippen molar-refractivity contribution < 1.29 is 14.3 Å². The van der Waals surface area contributed by atoms with E-state index < -0.39 is 0 Å². The van der Waals surface area contributed by atoms with E-state index >= 15 is 0 Å². The van der Waals surface area contributed by atoms with Gasteiger partial charge in [-0.05, 0) is 25.2 Å². The summed E-state index contributed by atoms with van der Waals surface area (Å²) >= 11 is 0. The fraction of sp³-hybridized carbons (Fsp3) is 0.500. The lowest BCUT2D eigenvalue weighted by atomic mass is 10.2. The van der Waals surface area contributed by atoms with Crippen LogP contribution in [0.4, 0.5) is 11.4 Å². The van der Waals surface area contributed by atoms with Gasteiger partial charge < -0.3 is 25.0 Å². The molecule has 2 aliphatic heterocycles. The van der Waals surface area contributed by atoms with E-state index in [-0.39, 0.29) is 18.6 Å². The Balaban J connectivity index is 1.81. The third kappa shape index (κ3) is 2.57. The number of rotatable bonds is 2. The number of fused-ring (bicyclic) bond motifs is 1. The van der Waals surface area contributed by atoms with Crippen molar-refractivity contribution >= 4 is 17.3 Å². The maximum Gasteiger partial charge on any atom is 0.265 e. The molecule has 1 fully saturated rings. The number of benzene rings is 1. The number of amides is 1. The number of nitrogens with zero attached hydrogens (tertiary/aromatic N) is 2. The summed E-state index contributed by atoms with van der Waals surface area (Å²) in [5.74, 6) is 0.642. The maximum absolute atomic E-state index is 12.1. The van der Waals surface area contributed by atoms with Crippen LogP contribution >= 0.6 is 0 Å². The van der Waals surface area contributed by atoms with E-state index in [9.17, 15) is 4.79 Å². The molecule has 6 heteroatoms. The number of carbonyl (C=O) groups excluding carboxylic acids is 1. The van der Waals surface area contributed by atoms with E-state index in [1.54, 1.807) is 23.1 Å².